The number of primary amides is 1. The van der Waals surface area contributed by atoms with Crippen LogP contribution in [-0.2, 0) is 24.3 Å². The molecule has 0 bridgehead atoms. The molecule has 2 N–H and O–H groups in total. The minimum absolute atomic E-state index is 0.253. The number of amides is 1. The van der Waals surface area contributed by atoms with E-state index in [1.165, 1.54) is 11.4 Å². The van der Waals surface area contributed by atoms with Gasteiger partial charge >= 0.3 is 5.97 Å². The molecule has 1 heterocycles. The summed E-state index contributed by atoms with van der Waals surface area (Å²) in [5, 5.41) is -0.699. The number of carbonyl (C=O) groups excluding carboxylic acids is 2. The highest BCUT2D eigenvalue weighted by molar-refractivity contribution is 7.89. The molecule has 21 heavy (non-hydrogen) atoms. The number of rotatable bonds is 4. The second-order valence-corrected chi connectivity index (χ2v) is 7.87. The summed E-state index contributed by atoms with van der Waals surface area (Å²) in [7, 11) is -2.25. The van der Waals surface area contributed by atoms with Crippen LogP contribution in [0.5, 0.6) is 0 Å². The van der Waals surface area contributed by atoms with Crippen LogP contribution in [0.1, 0.15) is 32.1 Å². The molecule has 2 unspecified atom stereocenters. The van der Waals surface area contributed by atoms with Gasteiger partial charge in [0.1, 0.15) is 0 Å². The van der Waals surface area contributed by atoms with E-state index >= 15 is 0 Å². The van der Waals surface area contributed by atoms with Crippen LogP contribution in [0, 0.1) is 11.8 Å². The Morgan fingerprint density at radius 2 is 1.76 bits per heavy atom. The number of nitrogens with zero attached hydrogens (tertiary/aromatic N) is 1. The molecule has 0 aromatic heterocycles. The fourth-order valence-corrected chi connectivity index (χ4v) is 5.52. The summed E-state index contributed by atoms with van der Waals surface area (Å²) in [6.45, 7) is 0.584. The molecule has 1 aliphatic carbocycles. The molecule has 1 saturated heterocycles. The Bertz CT molecular complexity index is 511. The van der Waals surface area contributed by atoms with Gasteiger partial charge in [-0.3, -0.25) is 9.59 Å². The molecule has 2 aliphatic rings. The van der Waals surface area contributed by atoms with Crippen LogP contribution in [0.15, 0.2) is 0 Å². The van der Waals surface area contributed by atoms with E-state index < -0.39 is 27.2 Å². The van der Waals surface area contributed by atoms with Crippen molar-refractivity contribution in [2.45, 2.75) is 37.4 Å². The average Bonchev–Trinajstić information content (AvgIpc) is 2.96. The summed E-state index contributed by atoms with van der Waals surface area (Å²) < 4.78 is 31.5. The van der Waals surface area contributed by atoms with Gasteiger partial charge in [0.25, 0.3) is 0 Å². The molecule has 0 spiro atoms. The van der Waals surface area contributed by atoms with Crippen LogP contribution < -0.4 is 5.73 Å². The number of piperidine rings is 1. The minimum Gasteiger partial charge on any atom is -0.469 e. The first-order valence-corrected chi connectivity index (χ1v) is 8.74. The number of esters is 1. The number of ether oxygens (including phenoxy) is 1. The van der Waals surface area contributed by atoms with Gasteiger partial charge in [0.2, 0.25) is 15.9 Å². The molecule has 2 atom stereocenters. The maximum absolute atomic E-state index is 12.7. The molecule has 2 rings (SSSR count). The van der Waals surface area contributed by atoms with E-state index in [4.69, 9.17) is 10.5 Å². The van der Waals surface area contributed by atoms with Crippen molar-refractivity contribution in [1.29, 1.82) is 0 Å². The van der Waals surface area contributed by atoms with E-state index in [0.717, 1.165) is 0 Å². The van der Waals surface area contributed by atoms with Crippen LogP contribution in [0.3, 0.4) is 0 Å². The predicted octanol–water partition coefficient (Wildman–Crippen LogP) is -0.145. The largest absolute Gasteiger partial charge is 0.469 e. The Morgan fingerprint density at radius 3 is 2.29 bits per heavy atom. The fourth-order valence-electron chi connectivity index (χ4n) is 3.29. The Labute approximate surface area is 124 Å². The van der Waals surface area contributed by atoms with Crippen molar-refractivity contribution in [3.8, 4) is 0 Å². The van der Waals surface area contributed by atoms with Gasteiger partial charge in [0.15, 0.2) is 0 Å². The molecule has 120 valence electrons. The monoisotopic (exact) mass is 318 g/mol. The zero-order valence-corrected chi connectivity index (χ0v) is 13.0. The average molecular weight is 318 g/mol. The first-order chi connectivity index (χ1) is 9.87. The van der Waals surface area contributed by atoms with Gasteiger partial charge in [-0.1, -0.05) is 6.42 Å². The first-order valence-electron chi connectivity index (χ1n) is 7.24. The molecule has 0 aromatic carbocycles. The van der Waals surface area contributed by atoms with E-state index in [1.54, 1.807) is 0 Å². The highest BCUT2D eigenvalue weighted by Crippen LogP contribution is 2.35. The van der Waals surface area contributed by atoms with Crippen LogP contribution in [-0.4, -0.2) is 50.0 Å². The van der Waals surface area contributed by atoms with Crippen LogP contribution in [0.2, 0.25) is 0 Å². The second kappa shape index (κ2) is 6.31. The normalized spacial score (nSPS) is 28.4. The van der Waals surface area contributed by atoms with Gasteiger partial charge in [-0.2, -0.15) is 0 Å². The molecule has 1 amide bonds. The van der Waals surface area contributed by atoms with Gasteiger partial charge < -0.3 is 10.5 Å². The molecule has 8 heteroatoms. The third kappa shape index (κ3) is 3.21. The summed E-state index contributed by atoms with van der Waals surface area (Å²) in [6.07, 6.45) is 2.64. The Kier molecular flexibility index (Phi) is 4.88. The maximum atomic E-state index is 12.7. The number of carbonyl (C=O) groups is 2. The van der Waals surface area contributed by atoms with Crippen LogP contribution >= 0.6 is 0 Å². The molecule has 2 fully saturated rings. The van der Waals surface area contributed by atoms with E-state index in [2.05, 4.69) is 0 Å². The minimum atomic E-state index is -3.53. The lowest BCUT2D eigenvalue weighted by Gasteiger charge is -2.32. The third-order valence-electron chi connectivity index (χ3n) is 4.56. The molecular weight excluding hydrogens is 296 g/mol. The SMILES string of the molecule is COC(=O)C1CCCC1S(=O)(=O)N1CCC(C(N)=O)CC1. The van der Waals surface area contributed by atoms with E-state index in [0.29, 0.717) is 45.2 Å². The summed E-state index contributed by atoms with van der Waals surface area (Å²) >= 11 is 0. The van der Waals surface area contributed by atoms with Crippen molar-refractivity contribution >= 4 is 21.9 Å². The van der Waals surface area contributed by atoms with E-state index in [-0.39, 0.29) is 11.8 Å². The predicted molar refractivity (Wildman–Crippen MR) is 75.6 cm³/mol. The molecule has 7 nitrogen and oxygen atoms in total. The van der Waals surface area contributed by atoms with Crippen LogP contribution in [0.4, 0.5) is 0 Å². The van der Waals surface area contributed by atoms with Crippen molar-refractivity contribution in [3.05, 3.63) is 0 Å². The highest BCUT2D eigenvalue weighted by atomic mass is 32.2. The van der Waals surface area contributed by atoms with Gasteiger partial charge in [-0.05, 0) is 25.7 Å². The number of sulfonamides is 1. The summed E-state index contributed by atoms with van der Waals surface area (Å²) in [5.74, 6) is -1.65. The third-order valence-corrected chi connectivity index (χ3v) is 6.97. The van der Waals surface area contributed by atoms with Crippen molar-refractivity contribution in [3.63, 3.8) is 0 Å². The van der Waals surface area contributed by atoms with Crippen molar-refractivity contribution in [2.24, 2.45) is 17.6 Å². The lowest BCUT2D eigenvalue weighted by atomic mass is 9.98. The quantitative estimate of drug-likeness (QED) is 0.726. The number of methoxy groups -OCH3 is 1. The molecule has 1 aliphatic heterocycles. The van der Waals surface area contributed by atoms with Crippen LogP contribution in [0.25, 0.3) is 0 Å². The lowest BCUT2D eigenvalue weighted by Crippen LogP contribution is -2.47. The van der Waals surface area contributed by atoms with Crippen molar-refractivity contribution in [1.82, 2.24) is 4.31 Å². The van der Waals surface area contributed by atoms with Gasteiger partial charge in [0.05, 0.1) is 18.3 Å². The molecule has 1 saturated carbocycles. The zero-order valence-electron chi connectivity index (χ0n) is 12.2. The van der Waals surface area contributed by atoms with Crippen molar-refractivity contribution in [2.75, 3.05) is 20.2 Å². The molecule has 0 aromatic rings. The zero-order chi connectivity index (χ0) is 15.6. The number of nitrogens with two attached hydrogens (primary N) is 1. The molecule has 0 radical (unpaired) electrons. The Balaban J connectivity index is 2.08. The Morgan fingerprint density at radius 1 is 1.14 bits per heavy atom. The molecular formula is C13H22N2O5S. The summed E-state index contributed by atoms with van der Waals surface area (Å²) in [5.41, 5.74) is 5.26. The van der Waals surface area contributed by atoms with Gasteiger partial charge in [0, 0.05) is 19.0 Å². The second-order valence-electron chi connectivity index (χ2n) is 5.72. The van der Waals surface area contributed by atoms with Crippen molar-refractivity contribution < 1.29 is 22.7 Å². The first kappa shape index (κ1) is 16.2. The fraction of sp³-hybridized carbons (Fsp3) is 0.846. The summed E-state index contributed by atoms with van der Waals surface area (Å²) in [6, 6.07) is 0. The van der Waals surface area contributed by atoms with E-state index in [9.17, 15) is 18.0 Å². The Hall–Kier alpha value is -1.15. The van der Waals surface area contributed by atoms with E-state index in [1.807, 2.05) is 0 Å². The van der Waals surface area contributed by atoms with Gasteiger partial charge in [-0.25, -0.2) is 12.7 Å². The highest BCUT2D eigenvalue weighted by Gasteiger charge is 2.45. The summed E-state index contributed by atoms with van der Waals surface area (Å²) in [4.78, 5) is 22.9. The lowest BCUT2D eigenvalue weighted by molar-refractivity contribution is -0.145. The smallest absolute Gasteiger partial charge is 0.310 e. The maximum Gasteiger partial charge on any atom is 0.310 e. The topological polar surface area (TPSA) is 107 Å². The number of hydrogen-bond acceptors (Lipinski definition) is 5. The number of hydrogen-bond donors (Lipinski definition) is 1. The standard InChI is InChI=1S/C13H22N2O5S/c1-20-13(17)10-3-2-4-11(10)21(18,19)15-7-5-9(6-8-15)12(14)16/h9-11H,2-8H2,1H3,(H2,14,16). The van der Waals surface area contributed by atoms with Gasteiger partial charge in [-0.15, -0.1) is 0 Å².